The maximum absolute atomic E-state index is 11.0. The number of ether oxygens (including phenoxy) is 1. The summed E-state index contributed by atoms with van der Waals surface area (Å²) in [7, 11) is 0. The molecule has 15 heavy (non-hydrogen) atoms. The van der Waals surface area contributed by atoms with Gasteiger partial charge >= 0.3 is 5.97 Å². The van der Waals surface area contributed by atoms with Crippen LogP contribution in [0, 0.1) is 0 Å². The van der Waals surface area contributed by atoms with Crippen LogP contribution in [0.25, 0.3) is 0 Å². The molecule has 80 valence electrons. The average Bonchev–Trinajstić information content (AvgIpc) is 2.56. The molecule has 0 spiro atoms. The van der Waals surface area contributed by atoms with Crippen molar-refractivity contribution >= 4 is 17.7 Å². The van der Waals surface area contributed by atoms with Crippen LogP contribution in [0.5, 0.6) is 0 Å². The Morgan fingerprint density at radius 2 is 2.13 bits per heavy atom. The molecule has 0 N–H and O–H groups in total. The van der Waals surface area contributed by atoms with Crippen LogP contribution < -0.4 is 0 Å². The number of esters is 1. The van der Waals surface area contributed by atoms with Crippen LogP contribution in [0.2, 0.25) is 0 Å². The van der Waals surface area contributed by atoms with E-state index in [0.29, 0.717) is 11.7 Å². The standard InChI is InChI=1S/C12H14O2S/c1-9-11(7-12(13)14-9)15-8-10-5-3-2-4-6-10/h2-6,9,11H,7-8H2,1H3. The number of thioether (sulfide) groups is 1. The molecular formula is C12H14O2S. The fourth-order valence-corrected chi connectivity index (χ4v) is 2.81. The monoisotopic (exact) mass is 222 g/mol. The topological polar surface area (TPSA) is 26.3 Å². The second kappa shape index (κ2) is 4.71. The number of carbonyl (C=O) groups is 1. The lowest BCUT2D eigenvalue weighted by molar-refractivity contribution is -0.140. The molecule has 1 fully saturated rings. The molecule has 0 radical (unpaired) electrons. The van der Waals surface area contributed by atoms with Crippen molar-refractivity contribution in [2.24, 2.45) is 0 Å². The maximum atomic E-state index is 11.0. The molecule has 0 amide bonds. The van der Waals surface area contributed by atoms with Gasteiger partial charge in [-0.05, 0) is 12.5 Å². The summed E-state index contributed by atoms with van der Waals surface area (Å²) in [6.45, 7) is 1.97. The Morgan fingerprint density at radius 3 is 2.73 bits per heavy atom. The minimum atomic E-state index is -0.0620. The highest BCUT2D eigenvalue weighted by Crippen LogP contribution is 2.29. The molecule has 2 rings (SSSR count). The summed E-state index contributed by atoms with van der Waals surface area (Å²) in [4.78, 5) is 11.0. The molecular weight excluding hydrogens is 208 g/mol. The summed E-state index contributed by atoms with van der Waals surface area (Å²) >= 11 is 1.80. The molecule has 2 atom stereocenters. The molecule has 1 aliphatic rings. The predicted octanol–water partition coefficient (Wildman–Crippen LogP) is 2.62. The van der Waals surface area contributed by atoms with Crippen LogP contribution >= 0.6 is 11.8 Å². The fourth-order valence-electron chi connectivity index (χ4n) is 1.63. The molecule has 0 bridgehead atoms. The summed E-state index contributed by atoms with van der Waals surface area (Å²) in [6.07, 6.45) is 0.616. The number of carbonyl (C=O) groups excluding carboxylic acids is 1. The first-order chi connectivity index (χ1) is 7.25. The lowest BCUT2D eigenvalue weighted by Gasteiger charge is -2.11. The average molecular weight is 222 g/mol. The Kier molecular flexibility index (Phi) is 3.31. The van der Waals surface area contributed by atoms with Gasteiger partial charge in [-0.1, -0.05) is 30.3 Å². The smallest absolute Gasteiger partial charge is 0.307 e. The SMILES string of the molecule is CC1OC(=O)CC1SCc1ccccc1. The van der Waals surface area contributed by atoms with Gasteiger partial charge in [-0.15, -0.1) is 11.8 Å². The largest absolute Gasteiger partial charge is 0.461 e. The molecule has 1 saturated heterocycles. The predicted molar refractivity (Wildman–Crippen MR) is 61.7 cm³/mol. The third-order valence-corrected chi connectivity index (χ3v) is 3.99. The molecule has 1 aromatic carbocycles. The van der Waals surface area contributed by atoms with Crippen molar-refractivity contribution in [2.75, 3.05) is 0 Å². The summed E-state index contributed by atoms with van der Waals surface area (Å²) in [5.41, 5.74) is 1.30. The molecule has 1 heterocycles. The van der Waals surface area contributed by atoms with Crippen LogP contribution in [-0.2, 0) is 15.3 Å². The van der Waals surface area contributed by atoms with Crippen molar-refractivity contribution in [3.05, 3.63) is 35.9 Å². The van der Waals surface area contributed by atoms with E-state index in [1.807, 2.05) is 25.1 Å². The Labute approximate surface area is 94.0 Å². The van der Waals surface area contributed by atoms with E-state index < -0.39 is 0 Å². The zero-order valence-corrected chi connectivity index (χ0v) is 9.50. The van der Waals surface area contributed by atoms with E-state index in [2.05, 4.69) is 12.1 Å². The van der Waals surface area contributed by atoms with Crippen molar-refractivity contribution < 1.29 is 9.53 Å². The van der Waals surface area contributed by atoms with Crippen molar-refractivity contribution in [3.8, 4) is 0 Å². The van der Waals surface area contributed by atoms with Gasteiger partial charge in [0.25, 0.3) is 0 Å². The fraction of sp³-hybridized carbons (Fsp3) is 0.417. The van der Waals surface area contributed by atoms with E-state index in [4.69, 9.17) is 4.74 Å². The van der Waals surface area contributed by atoms with Gasteiger partial charge in [-0.25, -0.2) is 0 Å². The zero-order valence-electron chi connectivity index (χ0n) is 8.68. The van der Waals surface area contributed by atoms with Crippen molar-refractivity contribution in [1.29, 1.82) is 0 Å². The van der Waals surface area contributed by atoms with Crippen molar-refractivity contribution in [3.63, 3.8) is 0 Å². The first-order valence-electron chi connectivity index (χ1n) is 5.11. The first-order valence-corrected chi connectivity index (χ1v) is 6.15. The van der Waals surface area contributed by atoms with Gasteiger partial charge in [0.2, 0.25) is 0 Å². The summed E-state index contributed by atoms with van der Waals surface area (Å²) in [6, 6.07) is 10.3. The van der Waals surface area contributed by atoms with E-state index in [9.17, 15) is 4.79 Å². The highest BCUT2D eigenvalue weighted by Gasteiger charge is 2.31. The normalized spacial score (nSPS) is 25.3. The summed E-state index contributed by atoms with van der Waals surface area (Å²) in [5.74, 6) is 0.889. The first kappa shape index (κ1) is 10.6. The molecule has 1 aliphatic heterocycles. The van der Waals surface area contributed by atoms with Crippen LogP contribution in [0.4, 0.5) is 0 Å². The van der Waals surface area contributed by atoms with Gasteiger partial charge in [-0.2, -0.15) is 0 Å². The van der Waals surface area contributed by atoms with Gasteiger partial charge in [0.1, 0.15) is 6.10 Å². The number of benzene rings is 1. The van der Waals surface area contributed by atoms with Crippen LogP contribution in [-0.4, -0.2) is 17.3 Å². The highest BCUT2D eigenvalue weighted by atomic mass is 32.2. The van der Waals surface area contributed by atoms with Gasteiger partial charge in [-0.3, -0.25) is 4.79 Å². The Balaban J connectivity index is 1.86. The molecule has 3 heteroatoms. The maximum Gasteiger partial charge on any atom is 0.307 e. The van der Waals surface area contributed by atoms with Gasteiger partial charge in [0.15, 0.2) is 0 Å². The van der Waals surface area contributed by atoms with Gasteiger partial charge in [0, 0.05) is 5.75 Å². The quantitative estimate of drug-likeness (QED) is 0.735. The van der Waals surface area contributed by atoms with E-state index in [0.717, 1.165) is 5.75 Å². The number of hydrogen-bond acceptors (Lipinski definition) is 3. The summed E-state index contributed by atoms with van der Waals surface area (Å²) < 4.78 is 5.10. The van der Waals surface area contributed by atoms with Crippen molar-refractivity contribution in [2.45, 2.75) is 30.5 Å². The van der Waals surface area contributed by atoms with Crippen molar-refractivity contribution in [1.82, 2.24) is 0 Å². The van der Waals surface area contributed by atoms with E-state index >= 15 is 0 Å². The Hall–Kier alpha value is -0.960. The van der Waals surface area contributed by atoms with E-state index in [-0.39, 0.29) is 12.1 Å². The third-order valence-electron chi connectivity index (χ3n) is 2.52. The number of rotatable bonds is 3. The van der Waals surface area contributed by atoms with Crippen LogP contribution in [0.1, 0.15) is 18.9 Å². The second-order valence-corrected chi connectivity index (χ2v) is 4.96. The zero-order chi connectivity index (χ0) is 10.7. The number of cyclic esters (lactones) is 1. The minimum Gasteiger partial charge on any atom is -0.461 e. The highest BCUT2D eigenvalue weighted by molar-refractivity contribution is 7.99. The van der Waals surface area contributed by atoms with E-state index in [1.54, 1.807) is 11.8 Å². The second-order valence-electron chi connectivity index (χ2n) is 3.73. The van der Waals surface area contributed by atoms with Gasteiger partial charge < -0.3 is 4.74 Å². The third kappa shape index (κ3) is 2.75. The Bertz CT molecular complexity index is 337. The minimum absolute atomic E-state index is 0.0613. The molecule has 0 aromatic heterocycles. The van der Waals surface area contributed by atoms with Crippen LogP contribution in [0.3, 0.4) is 0 Å². The van der Waals surface area contributed by atoms with Gasteiger partial charge in [0.05, 0.1) is 11.7 Å². The Morgan fingerprint density at radius 1 is 1.40 bits per heavy atom. The molecule has 0 saturated carbocycles. The number of hydrogen-bond donors (Lipinski definition) is 0. The molecule has 0 aliphatic carbocycles. The van der Waals surface area contributed by atoms with E-state index in [1.165, 1.54) is 5.56 Å². The lowest BCUT2D eigenvalue weighted by Crippen LogP contribution is -2.13. The van der Waals surface area contributed by atoms with Crippen LogP contribution in [0.15, 0.2) is 30.3 Å². The molecule has 2 unspecified atom stereocenters. The molecule has 1 aromatic rings. The lowest BCUT2D eigenvalue weighted by atomic mass is 10.2. The molecule has 2 nitrogen and oxygen atoms in total. The summed E-state index contributed by atoms with van der Waals surface area (Å²) in [5, 5.41) is 0.317.